The van der Waals surface area contributed by atoms with Crippen LogP contribution in [-0.4, -0.2) is 23.1 Å². The van der Waals surface area contributed by atoms with Crippen molar-refractivity contribution in [2.75, 3.05) is 0 Å². The third kappa shape index (κ3) is 2.44. The van der Waals surface area contributed by atoms with Gasteiger partial charge in [-0.15, -0.1) is 11.7 Å². The molecule has 0 fully saturated rings. The first-order valence-corrected chi connectivity index (χ1v) is 9.12. The molecule has 0 aliphatic rings. The Hall–Kier alpha value is -0.903. The van der Waals surface area contributed by atoms with Crippen LogP contribution in [0.25, 0.3) is 0 Å². The van der Waals surface area contributed by atoms with Gasteiger partial charge in [-0.05, 0) is 16.6 Å². The fourth-order valence-corrected chi connectivity index (χ4v) is 9.97. The highest BCUT2D eigenvalue weighted by Crippen LogP contribution is 2.40. The molecule has 0 aromatic carbocycles. The van der Waals surface area contributed by atoms with Crippen LogP contribution in [0.4, 0.5) is 0 Å². The lowest BCUT2D eigenvalue weighted by Gasteiger charge is -2.41. The van der Waals surface area contributed by atoms with Crippen molar-refractivity contribution in [2.24, 2.45) is 0 Å². The normalized spacial score (nSPS) is 12.7. The monoisotopic (exact) mass is 265 g/mol. The molecule has 0 radical (unpaired) electrons. The average molecular weight is 265 g/mol. The van der Waals surface area contributed by atoms with Gasteiger partial charge in [0.15, 0.2) is 0 Å². The first-order chi connectivity index (χ1) is 8.37. The van der Waals surface area contributed by atoms with Crippen molar-refractivity contribution >= 4 is 13.4 Å². The van der Waals surface area contributed by atoms with E-state index in [9.17, 15) is 0 Å². The minimum Gasteiger partial charge on any atom is -0.249 e. The standard InChI is InChI=1S/C14H27N3Si/c1-8-9-17-10-14(15-16-17)18(11(2)3,12(4)5)13(6)7/h8,10-13H,1,9H2,2-7H3. The van der Waals surface area contributed by atoms with E-state index < -0.39 is 8.07 Å². The van der Waals surface area contributed by atoms with Crippen molar-refractivity contribution < 1.29 is 0 Å². The van der Waals surface area contributed by atoms with Gasteiger partial charge >= 0.3 is 0 Å². The molecule has 3 nitrogen and oxygen atoms in total. The number of aromatic nitrogens is 3. The summed E-state index contributed by atoms with van der Waals surface area (Å²) in [4.78, 5) is 0. The van der Waals surface area contributed by atoms with Gasteiger partial charge in [-0.1, -0.05) is 52.8 Å². The predicted octanol–water partition coefficient (Wildman–Crippen LogP) is 3.35. The lowest BCUT2D eigenvalue weighted by molar-refractivity contribution is 0.662. The molecule has 1 rings (SSSR count). The Morgan fingerprint density at radius 3 is 2.06 bits per heavy atom. The van der Waals surface area contributed by atoms with E-state index in [1.165, 1.54) is 5.32 Å². The Balaban J connectivity index is 3.28. The molecule has 0 spiro atoms. The van der Waals surface area contributed by atoms with Gasteiger partial charge in [-0.2, -0.15) is 0 Å². The van der Waals surface area contributed by atoms with E-state index in [0.717, 1.165) is 6.54 Å². The second kappa shape index (κ2) is 5.82. The highest BCUT2D eigenvalue weighted by Gasteiger charge is 2.46. The van der Waals surface area contributed by atoms with Crippen molar-refractivity contribution in [3.8, 4) is 0 Å². The number of hydrogen-bond donors (Lipinski definition) is 0. The minimum atomic E-state index is -1.64. The number of rotatable bonds is 6. The third-order valence-corrected chi connectivity index (χ3v) is 11.0. The molecule has 102 valence electrons. The van der Waals surface area contributed by atoms with Gasteiger partial charge in [0, 0.05) is 6.20 Å². The minimum absolute atomic E-state index is 0.673. The Bertz CT molecular complexity index is 372. The van der Waals surface area contributed by atoms with E-state index in [0.29, 0.717) is 16.6 Å². The van der Waals surface area contributed by atoms with Crippen LogP contribution >= 0.6 is 0 Å². The molecule has 0 N–H and O–H groups in total. The van der Waals surface area contributed by atoms with E-state index in [1.54, 1.807) is 0 Å². The largest absolute Gasteiger partial charge is 0.249 e. The first kappa shape index (κ1) is 15.2. The Kier molecular flexibility index (Phi) is 4.90. The molecule has 0 aliphatic carbocycles. The Morgan fingerprint density at radius 2 is 1.67 bits per heavy atom. The van der Waals surface area contributed by atoms with Crippen molar-refractivity contribution in [3.05, 3.63) is 18.9 Å². The highest BCUT2D eigenvalue weighted by atomic mass is 28.3. The van der Waals surface area contributed by atoms with E-state index >= 15 is 0 Å². The summed E-state index contributed by atoms with van der Waals surface area (Å²) in [6, 6.07) is 0. The zero-order valence-electron chi connectivity index (χ0n) is 12.6. The van der Waals surface area contributed by atoms with Gasteiger partial charge in [0.05, 0.1) is 11.9 Å². The molecule has 4 heteroatoms. The smallest absolute Gasteiger partial charge is 0.122 e. The maximum atomic E-state index is 4.50. The lowest BCUT2D eigenvalue weighted by Crippen LogP contribution is -2.56. The van der Waals surface area contributed by atoms with Crippen LogP contribution in [0.3, 0.4) is 0 Å². The number of nitrogens with zero attached hydrogens (tertiary/aromatic N) is 3. The molecule has 1 heterocycles. The molecular formula is C14H27N3Si. The van der Waals surface area contributed by atoms with Gasteiger partial charge in [-0.25, -0.2) is 4.68 Å². The van der Waals surface area contributed by atoms with Crippen LogP contribution in [-0.2, 0) is 6.54 Å². The number of allylic oxidation sites excluding steroid dienone is 1. The number of hydrogen-bond acceptors (Lipinski definition) is 2. The van der Waals surface area contributed by atoms with Crippen LogP contribution < -0.4 is 5.32 Å². The molecule has 0 aliphatic heterocycles. The van der Waals surface area contributed by atoms with Gasteiger partial charge in [0.1, 0.15) is 8.07 Å². The maximum Gasteiger partial charge on any atom is 0.122 e. The zero-order chi connectivity index (χ0) is 13.9. The zero-order valence-corrected chi connectivity index (χ0v) is 13.6. The SMILES string of the molecule is C=CCn1cc([Si](C(C)C)(C(C)C)C(C)C)nn1. The maximum absolute atomic E-state index is 4.50. The Labute approximate surface area is 112 Å². The lowest BCUT2D eigenvalue weighted by atomic mass is 10.5. The second-order valence-electron chi connectivity index (χ2n) is 6.01. The van der Waals surface area contributed by atoms with Crippen LogP contribution in [0.5, 0.6) is 0 Å². The molecule has 0 unspecified atom stereocenters. The molecule has 0 amide bonds. The summed E-state index contributed by atoms with van der Waals surface area (Å²) < 4.78 is 1.90. The van der Waals surface area contributed by atoms with Crippen LogP contribution in [0, 0.1) is 0 Å². The topological polar surface area (TPSA) is 30.7 Å². The fraction of sp³-hybridized carbons (Fsp3) is 0.714. The van der Waals surface area contributed by atoms with Gasteiger partial charge < -0.3 is 0 Å². The second-order valence-corrected chi connectivity index (χ2v) is 11.9. The summed E-state index contributed by atoms with van der Waals surface area (Å²) in [5, 5.41) is 10.0. The summed E-state index contributed by atoms with van der Waals surface area (Å²) in [5.74, 6) is 0. The van der Waals surface area contributed by atoms with Crippen LogP contribution in [0.15, 0.2) is 18.9 Å². The quantitative estimate of drug-likeness (QED) is 0.583. The van der Waals surface area contributed by atoms with Gasteiger partial charge in [0.2, 0.25) is 0 Å². The van der Waals surface area contributed by atoms with Crippen molar-refractivity contribution in [1.29, 1.82) is 0 Å². The van der Waals surface area contributed by atoms with Crippen molar-refractivity contribution in [2.45, 2.75) is 64.7 Å². The third-order valence-electron chi connectivity index (χ3n) is 4.16. The fourth-order valence-electron chi connectivity index (χ4n) is 3.61. The highest BCUT2D eigenvalue weighted by molar-refractivity contribution is 6.94. The molecular weight excluding hydrogens is 238 g/mol. The molecule has 0 saturated carbocycles. The van der Waals surface area contributed by atoms with E-state index in [1.807, 2.05) is 10.8 Å². The van der Waals surface area contributed by atoms with E-state index in [4.69, 9.17) is 0 Å². The summed E-state index contributed by atoms with van der Waals surface area (Å²) >= 11 is 0. The van der Waals surface area contributed by atoms with Crippen molar-refractivity contribution in [1.82, 2.24) is 15.0 Å². The average Bonchev–Trinajstić information content (AvgIpc) is 2.66. The van der Waals surface area contributed by atoms with E-state index in [2.05, 4.69) is 64.6 Å². The van der Waals surface area contributed by atoms with Gasteiger partial charge in [-0.3, -0.25) is 0 Å². The first-order valence-electron chi connectivity index (χ1n) is 6.88. The van der Waals surface area contributed by atoms with Gasteiger partial charge in [0.25, 0.3) is 0 Å². The molecule has 1 aromatic heterocycles. The van der Waals surface area contributed by atoms with Crippen LogP contribution in [0.2, 0.25) is 16.6 Å². The summed E-state index contributed by atoms with van der Waals surface area (Å²) in [5.41, 5.74) is 2.02. The van der Waals surface area contributed by atoms with Crippen LogP contribution in [0.1, 0.15) is 41.5 Å². The molecule has 18 heavy (non-hydrogen) atoms. The molecule has 0 bridgehead atoms. The summed E-state index contributed by atoms with van der Waals surface area (Å²) in [6.45, 7) is 18.6. The molecule has 0 atom stereocenters. The van der Waals surface area contributed by atoms with Crippen molar-refractivity contribution in [3.63, 3.8) is 0 Å². The molecule has 0 saturated heterocycles. The predicted molar refractivity (Wildman–Crippen MR) is 80.9 cm³/mol. The molecule has 1 aromatic rings. The van der Waals surface area contributed by atoms with E-state index in [-0.39, 0.29) is 0 Å². The summed E-state index contributed by atoms with van der Waals surface area (Å²) in [7, 11) is -1.64. The Morgan fingerprint density at radius 1 is 1.17 bits per heavy atom. The summed E-state index contributed by atoms with van der Waals surface area (Å²) in [6.07, 6.45) is 4.01.